The number of nitrogens with one attached hydrogen (secondary N) is 1. The molecule has 2 amide bonds. The molecule has 7 nitrogen and oxygen atoms in total. The lowest BCUT2D eigenvalue weighted by Gasteiger charge is -2.16. The molecule has 0 saturated heterocycles. The molecule has 0 spiro atoms. The van der Waals surface area contributed by atoms with Gasteiger partial charge in [-0.1, -0.05) is 41.4 Å². The number of carbonyl (C=O) groups excluding carboxylic acids is 2. The van der Waals surface area contributed by atoms with E-state index in [1.807, 2.05) is 28.8 Å². The van der Waals surface area contributed by atoms with Gasteiger partial charge in [0.05, 0.1) is 33.2 Å². The number of ether oxygens (including phenoxy) is 1. The van der Waals surface area contributed by atoms with Gasteiger partial charge in [0.2, 0.25) is 11.9 Å². The Morgan fingerprint density at radius 2 is 2.00 bits per heavy atom. The number of benzene rings is 2. The Morgan fingerprint density at radius 1 is 1.20 bits per heavy atom. The molecule has 156 valence electrons. The van der Waals surface area contributed by atoms with Crippen LogP contribution < -0.4 is 10.2 Å². The zero-order valence-electron chi connectivity index (χ0n) is 16.3. The molecule has 0 unspecified atom stereocenters. The number of amides is 2. The molecule has 0 radical (unpaired) electrons. The molecule has 1 aliphatic rings. The summed E-state index contributed by atoms with van der Waals surface area (Å²) in [6, 6.07) is 11.9. The zero-order chi connectivity index (χ0) is 21.3. The van der Waals surface area contributed by atoms with Crippen LogP contribution in [0.4, 0.5) is 11.6 Å². The van der Waals surface area contributed by atoms with Gasteiger partial charge in [0.25, 0.3) is 5.91 Å². The number of carbonyl (C=O) groups is 2. The Morgan fingerprint density at radius 3 is 2.80 bits per heavy atom. The summed E-state index contributed by atoms with van der Waals surface area (Å²) >= 11 is 12.2. The third-order valence-electron chi connectivity index (χ3n) is 5.02. The van der Waals surface area contributed by atoms with Gasteiger partial charge in [0, 0.05) is 20.3 Å². The number of methoxy groups -OCH3 is 1. The maximum atomic E-state index is 13.2. The molecule has 1 aromatic heterocycles. The van der Waals surface area contributed by atoms with Crippen molar-refractivity contribution in [3.05, 3.63) is 52.5 Å². The van der Waals surface area contributed by atoms with Crippen molar-refractivity contribution in [2.75, 3.05) is 30.5 Å². The molecule has 4 rings (SSSR count). The van der Waals surface area contributed by atoms with Crippen molar-refractivity contribution in [3.63, 3.8) is 0 Å². The highest BCUT2D eigenvalue weighted by atomic mass is 35.5. The van der Waals surface area contributed by atoms with Crippen molar-refractivity contribution in [3.8, 4) is 0 Å². The standard InChI is InChI=1S/C21H20Cl2N4O3/c1-30-11-5-10-26-20(29)17(27-16-9-3-2-7-14(16)25-21(26)27)12-18(28)24-15-8-4-6-13(22)19(15)23/h2-4,6-9,17H,5,10-12H2,1H3,(H,24,28)/t17-/m1/s1. The fourth-order valence-corrected chi connectivity index (χ4v) is 4.00. The molecule has 0 saturated carbocycles. The van der Waals surface area contributed by atoms with E-state index < -0.39 is 6.04 Å². The van der Waals surface area contributed by atoms with E-state index in [9.17, 15) is 9.59 Å². The summed E-state index contributed by atoms with van der Waals surface area (Å²) in [6.07, 6.45) is 0.623. The van der Waals surface area contributed by atoms with Crippen molar-refractivity contribution < 1.29 is 14.3 Å². The summed E-state index contributed by atoms with van der Waals surface area (Å²) in [7, 11) is 1.62. The molecule has 0 fully saturated rings. The quantitative estimate of drug-likeness (QED) is 0.548. The van der Waals surface area contributed by atoms with Gasteiger partial charge in [-0.05, 0) is 30.7 Å². The van der Waals surface area contributed by atoms with Gasteiger partial charge in [-0.3, -0.25) is 19.1 Å². The first kappa shape index (κ1) is 20.7. The fraction of sp³-hybridized carbons (Fsp3) is 0.286. The van der Waals surface area contributed by atoms with Gasteiger partial charge < -0.3 is 10.1 Å². The summed E-state index contributed by atoms with van der Waals surface area (Å²) < 4.78 is 6.95. The van der Waals surface area contributed by atoms with Crippen molar-refractivity contribution in [2.24, 2.45) is 0 Å². The van der Waals surface area contributed by atoms with Gasteiger partial charge in [-0.25, -0.2) is 4.98 Å². The monoisotopic (exact) mass is 446 g/mol. The van der Waals surface area contributed by atoms with Crippen molar-refractivity contribution in [1.82, 2.24) is 9.55 Å². The summed E-state index contributed by atoms with van der Waals surface area (Å²) in [5, 5.41) is 3.37. The highest BCUT2D eigenvalue weighted by molar-refractivity contribution is 6.44. The number of halogens is 2. The number of imidazole rings is 1. The number of hydrogen-bond acceptors (Lipinski definition) is 4. The molecule has 1 atom stereocenters. The molecule has 2 heterocycles. The van der Waals surface area contributed by atoms with Crippen LogP contribution >= 0.6 is 23.2 Å². The van der Waals surface area contributed by atoms with Crippen LogP contribution in [0, 0.1) is 0 Å². The molecular formula is C21H20Cl2N4O3. The molecular weight excluding hydrogens is 427 g/mol. The summed E-state index contributed by atoms with van der Waals surface area (Å²) in [5.41, 5.74) is 2.00. The Labute approximate surface area is 183 Å². The second-order valence-electron chi connectivity index (χ2n) is 6.98. The predicted molar refractivity (Wildman–Crippen MR) is 117 cm³/mol. The molecule has 1 N–H and O–H groups in total. The van der Waals surface area contributed by atoms with Crippen LogP contribution in [0.2, 0.25) is 10.0 Å². The highest BCUT2D eigenvalue weighted by Crippen LogP contribution is 2.37. The lowest BCUT2D eigenvalue weighted by molar-refractivity contribution is -0.124. The largest absolute Gasteiger partial charge is 0.385 e. The van der Waals surface area contributed by atoms with Crippen molar-refractivity contribution in [1.29, 1.82) is 0 Å². The molecule has 0 bridgehead atoms. The predicted octanol–water partition coefficient (Wildman–Crippen LogP) is 4.30. The number of anilines is 2. The zero-order valence-corrected chi connectivity index (χ0v) is 17.8. The van der Waals surface area contributed by atoms with Crippen molar-refractivity contribution in [2.45, 2.75) is 18.9 Å². The number of rotatable bonds is 7. The molecule has 2 aromatic carbocycles. The van der Waals surface area contributed by atoms with E-state index >= 15 is 0 Å². The number of aromatic nitrogens is 2. The highest BCUT2D eigenvalue weighted by Gasteiger charge is 2.40. The maximum Gasteiger partial charge on any atom is 0.253 e. The van der Waals surface area contributed by atoms with E-state index in [0.717, 1.165) is 11.0 Å². The van der Waals surface area contributed by atoms with E-state index in [0.29, 0.717) is 36.2 Å². The number of hydrogen-bond donors (Lipinski definition) is 1. The first-order valence-corrected chi connectivity index (χ1v) is 10.3. The third-order valence-corrected chi connectivity index (χ3v) is 5.83. The van der Waals surface area contributed by atoms with Gasteiger partial charge >= 0.3 is 0 Å². The van der Waals surface area contributed by atoms with Crippen LogP contribution in [0.1, 0.15) is 18.9 Å². The van der Waals surface area contributed by atoms with Gasteiger partial charge in [-0.15, -0.1) is 0 Å². The number of nitrogens with zero attached hydrogens (tertiary/aromatic N) is 3. The van der Waals surface area contributed by atoms with Crippen LogP contribution in [-0.2, 0) is 14.3 Å². The summed E-state index contributed by atoms with van der Waals surface area (Å²) in [5.74, 6) is 0.0579. The Kier molecular flexibility index (Phi) is 5.94. The smallest absolute Gasteiger partial charge is 0.253 e. The average Bonchev–Trinajstić information content (AvgIpc) is 3.22. The normalized spacial score (nSPS) is 15.6. The Balaban J connectivity index is 1.62. The van der Waals surface area contributed by atoms with Crippen LogP contribution in [0.3, 0.4) is 0 Å². The molecule has 1 aliphatic heterocycles. The second-order valence-corrected chi connectivity index (χ2v) is 7.76. The maximum absolute atomic E-state index is 13.2. The lowest BCUT2D eigenvalue weighted by atomic mass is 10.1. The van der Waals surface area contributed by atoms with E-state index in [4.69, 9.17) is 27.9 Å². The minimum Gasteiger partial charge on any atom is -0.385 e. The minimum atomic E-state index is -0.687. The summed E-state index contributed by atoms with van der Waals surface area (Å²) in [6.45, 7) is 0.997. The summed E-state index contributed by atoms with van der Waals surface area (Å²) in [4.78, 5) is 32.2. The Bertz CT molecular complexity index is 1110. The van der Waals surface area contributed by atoms with Gasteiger partial charge in [0.1, 0.15) is 6.04 Å². The van der Waals surface area contributed by atoms with Crippen LogP contribution in [0.5, 0.6) is 0 Å². The topological polar surface area (TPSA) is 76.5 Å². The van der Waals surface area contributed by atoms with E-state index in [2.05, 4.69) is 10.3 Å². The van der Waals surface area contributed by atoms with E-state index in [1.54, 1.807) is 30.2 Å². The van der Waals surface area contributed by atoms with E-state index in [-0.39, 0.29) is 23.3 Å². The number of fused-ring (bicyclic) bond motifs is 3. The first-order chi connectivity index (χ1) is 14.5. The SMILES string of the molecule is COCCCN1C(=O)[C@@H](CC(=O)Nc2cccc(Cl)c2Cl)n2c1nc1ccccc12. The third kappa shape index (κ3) is 3.76. The molecule has 3 aromatic rings. The molecule has 0 aliphatic carbocycles. The lowest BCUT2D eigenvalue weighted by Crippen LogP contribution is -2.32. The second kappa shape index (κ2) is 8.63. The van der Waals surface area contributed by atoms with Crippen LogP contribution in [0.15, 0.2) is 42.5 Å². The average molecular weight is 447 g/mol. The fourth-order valence-electron chi connectivity index (χ4n) is 3.65. The molecule has 30 heavy (non-hydrogen) atoms. The van der Waals surface area contributed by atoms with E-state index in [1.165, 1.54) is 0 Å². The van der Waals surface area contributed by atoms with Crippen LogP contribution in [0.25, 0.3) is 11.0 Å². The van der Waals surface area contributed by atoms with Crippen LogP contribution in [-0.4, -0.2) is 41.6 Å². The minimum absolute atomic E-state index is 0.0458. The van der Waals surface area contributed by atoms with Gasteiger partial charge in [-0.2, -0.15) is 0 Å². The number of para-hydroxylation sites is 2. The van der Waals surface area contributed by atoms with Crippen molar-refractivity contribution >= 4 is 57.7 Å². The Hall–Kier alpha value is -2.61. The first-order valence-electron chi connectivity index (χ1n) is 9.52. The van der Waals surface area contributed by atoms with Gasteiger partial charge in [0.15, 0.2) is 0 Å². The molecule has 9 heteroatoms.